The SMILES string of the molecule is CN=C(NCCCS(=O)(=O)c1ccccc1)NC1CCN(c2ccc(C)cc2)C1. The summed E-state index contributed by atoms with van der Waals surface area (Å²) in [5.74, 6) is 0.837. The van der Waals surface area contributed by atoms with Crippen LogP contribution in [0.15, 0.2) is 64.5 Å². The van der Waals surface area contributed by atoms with Crippen LogP contribution >= 0.6 is 0 Å². The lowest BCUT2D eigenvalue weighted by Gasteiger charge is -2.20. The van der Waals surface area contributed by atoms with E-state index in [-0.39, 0.29) is 5.75 Å². The third kappa shape index (κ3) is 5.97. The number of guanidine groups is 1. The first-order valence-corrected chi connectivity index (χ1v) is 11.7. The van der Waals surface area contributed by atoms with Gasteiger partial charge >= 0.3 is 0 Å². The molecule has 0 spiro atoms. The maximum atomic E-state index is 12.3. The first-order chi connectivity index (χ1) is 14.0. The van der Waals surface area contributed by atoms with E-state index in [0.29, 0.717) is 23.9 Å². The molecule has 2 aromatic rings. The van der Waals surface area contributed by atoms with Crippen molar-refractivity contribution in [2.24, 2.45) is 4.99 Å². The molecule has 1 heterocycles. The van der Waals surface area contributed by atoms with E-state index in [1.165, 1.54) is 11.3 Å². The maximum Gasteiger partial charge on any atom is 0.191 e. The van der Waals surface area contributed by atoms with Crippen molar-refractivity contribution in [3.63, 3.8) is 0 Å². The van der Waals surface area contributed by atoms with Crippen LogP contribution in [0, 0.1) is 6.92 Å². The highest BCUT2D eigenvalue weighted by Crippen LogP contribution is 2.20. The van der Waals surface area contributed by atoms with Gasteiger partial charge in [0.1, 0.15) is 0 Å². The van der Waals surface area contributed by atoms with E-state index < -0.39 is 9.84 Å². The second kappa shape index (κ2) is 9.78. The van der Waals surface area contributed by atoms with Crippen LogP contribution in [0.1, 0.15) is 18.4 Å². The molecule has 156 valence electrons. The molecule has 6 nitrogen and oxygen atoms in total. The number of benzene rings is 2. The van der Waals surface area contributed by atoms with Crippen molar-refractivity contribution in [2.45, 2.75) is 30.7 Å². The molecule has 0 aliphatic carbocycles. The summed E-state index contributed by atoms with van der Waals surface area (Å²) >= 11 is 0. The molecule has 0 radical (unpaired) electrons. The molecule has 1 atom stereocenters. The lowest BCUT2D eigenvalue weighted by Crippen LogP contribution is -2.45. The molecule has 1 saturated heterocycles. The van der Waals surface area contributed by atoms with Crippen molar-refractivity contribution in [3.05, 3.63) is 60.2 Å². The quantitative estimate of drug-likeness (QED) is 0.414. The predicted octanol–water partition coefficient (Wildman–Crippen LogP) is 2.60. The van der Waals surface area contributed by atoms with E-state index in [9.17, 15) is 8.42 Å². The monoisotopic (exact) mass is 414 g/mol. The van der Waals surface area contributed by atoms with Crippen molar-refractivity contribution in [1.82, 2.24) is 10.6 Å². The molecule has 0 bridgehead atoms. The lowest BCUT2D eigenvalue weighted by molar-refractivity contribution is 0.591. The van der Waals surface area contributed by atoms with E-state index in [0.717, 1.165) is 25.5 Å². The summed E-state index contributed by atoms with van der Waals surface area (Å²) in [5, 5.41) is 6.69. The van der Waals surface area contributed by atoms with E-state index in [4.69, 9.17) is 0 Å². The highest BCUT2D eigenvalue weighted by Gasteiger charge is 2.23. The number of nitrogens with one attached hydrogen (secondary N) is 2. The largest absolute Gasteiger partial charge is 0.369 e. The standard InChI is InChI=1S/C22H30N4O2S/c1-18-9-11-20(12-10-18)26-15-13-19(17-26)25-22(23-2)24-14-6-16-29(27,28)21-7-4-3-5-8-21/h3-5,7-12,19H,6,13-17H2,1-2H3,(H2,23,24,25). The maximum absolute atomic E-state index is 12.3. The van der Waals surface area contributed by atoms with Gasteiger partial charge in [0, 0.05) is 38.4 Å². The summed E-state index contributed by atoms with van der Waals surface area (Å²) in [7, 11) is -1.50. The molecular weight excluding hydrogens is 384 g/mol. The molecule has 2 aromatic carbocycles. The fourth-order valence-corrected chi connectivity index (χ4v) is 4.80. The summed E-state index contributed by atoms with van der Waals surface area (Å²) in [6.07, 6.45) is 1.56. The second-order valence-electron chi connectivity index (χ2n) is 7.40. The first kappa shape index (κ1) is 21.2. The number of sulfone groups is 1. The minimum atomic E-state index is -3.24. The number of aryl methyl sites for hydroxylation is 1. The number of hydrogen-bond acceptors (Lipinski definition) is 4. The van der Waals surface area contributed by atoms with Gasteiger partial charge in [-0.1, -0.05) is 35.9 Å². The molecule has 1 aliphatic heterocycles. The van der Waals surface area contributed by atoms with Crippen LogP contribution in [-0.2, 0) is 9.84 Å². The number of anilines is 1. The van der Waals surface area contributed by atoms with E-state index >= 15 is 0 Å². The minimum Gasteiger partial charge on any atom is -0.369 e. The minimum absolute atomic E-state index is 0.117. The normalized spacial score (nSPS) is 17.4. The zero-order valence-electron chi connectivity index (χ0n) is 17.1. The highest BCUT2D eigenvalue weighted by atomic mass is 32.2. The third-order valence-electron chi connectivity index (χ3n) is 5.14. The molecule has 0 aromatic heterocycles. The van der Waals surface area contributed by atoms with E-state index in [1.54, 1.807) is 31.3 Å². The van der Waals surface area contributed by atoms with Crippen LogP contribution in [0.3, 0.4) is 0 Å². The van der Waals surface area contributed by atoms with Crippen LogP contribution in [0.5, 0.6) is 0 Å². The van der Waals surface area contributed by atoms with Crippen LogP contribution in [0.25, 0.3) is 0 Å². The molecule has 2 N–H and O–H groups in total. The van der Waals surface area contributed by atoms with Gasteiger partial charge in [-0.05, 0) is 44.0 Å². The number of aliphatic imine (C=N–C) groups is 1. The Hall–Kier alpha value is -2.54. The zero-order chi connectivity index (χ0) is 20.7. The Balaban J connectivity index is 1.42. The summed E-state index contributed by atoms with van der Waals surface area (Å²) in [4.78, 5) is 7.03. The summed E-state index contributed by atoms with van der Waals surface area (Å²) in [5.41, 5.74) is 2.51. The van der Waals surface area contributed by atoms with Crippen LogP contribution in [-0.4, -0.2) is 52.9 Å². The Morgan fingerprint density at radius 1 is 1.14 bits per heavy atom. The molecule has 0 amide bonds. The van der Waals surface area contributed by atoms with Gasteiger partial charge in [-0.15, -0.1) is 0 Å². The molecule has 1 aliphatic rings. The van der Waals surface area contributed by atoms with Crippen molar-refractivity contribution in [3.8, 4) is 0 Å². The van der Waals surface area contributed by atoms with E-state index in [1.807, 2.05) is 6.07 Å². The van der Waals surface area contributed by atoms with Gasteiger partial charge in [-0.25, -0.2) is 8.42 Å². The van der Waals surface area contributed by atoms with Gasteiger partial charge in [0.2, 0.25) is 0 Å². The Morgan fingerprint density at radius 3 is 2.55 bits per heavy atom. The van der Waals surface area contributed by atoms with Crippen LogP contribution in [0.4, 0.5) is 5.69 Å². The average molecular weight is 415 g/mol. The smallest absolute Gasteiger partial charge is 0.191 e. The van der Waals surface area contributed by atoms with Gasteiger partial charge in [0.25, 0.3) is 0 Å². The van der Waals surface area contributed by atoms with Crippen LogP contribution < -0.4 is 15.5 Å². The van der Waals surface area contributed by atoms with Crippen molar-refractivity contribution in [1.29, 1.82) is 0 Å². The highest BCUT2D eigenvalue weighted by molar-refractivity contribution is 7.91. The van der Waals surface area contributed by atoms with Gasteiger partial charge in [0.15, 0.2) is 15.8 Å². The fraction of sp³-hybridized carbons (Fsp3) is 0.409. The first-order valence-electron chi connectivity index (χ1n) is 10.0. The molecule has 3 rings (SSSR count). The Morgan fingerprint density at radius 2 is 1.86 bits per heavy atom. The zero-order valence-corrected chi connectivity index (χ0v) is 18.0. The number of rotatable bonds is 7. The lowest BCUT2D eigenvalue weighted by atomic mass is 10.2. The molecule has 1 unspecified atom stereocenters. The van der Waals surface area contributed by atoms with Gasteiger partial charge in [-0.2, -0.15) is 0 Å². The summed E-state index contributed by atoms with van der Waals surface area (Å²) in [6.45, 7) is 4.58. The topological polar surface area (TPSA) is 73.8 Å². The van der Waals surface area contributed by atoms with Crippen molar-refractivity contribution in [2.75, 3.05) is 37.3 Å². The van der Waals surface area contributed by atoms with Crippen molar-refractivity contribution < 1.29 is 8.42 Å². The Bertz CT molecular complexity index is 912. The number of nitrogens with zero attached hydrogens (tertiary/aromatic N) is 2. The van der Waals surface area contributed by atoms with Gasteiger partial charge < -0.3 is 15.5 Å². The Labute approximate surface area is 174 Å². The summed E-state index contributed by atoms with van der Waals surface area (Å²) in [6, 6.07) is 17.5. The average Bonchev–Trinajstić information content (AvgIpc) is 3.20. The summed E-state index contributed by atoms with van der Waals surface area (Å²) < 4.78 is 24.7. The van der Waals surface area contributed by atoms with Gasteiger partial charge in [0.05, 0.1) is 10.6 Å². The number of hydrogen-bond donors (Lipinski definition) is 2. The van der Waals surface area contributed by atoms with Crippen molar-refractivity contribution >= 4 is 21.5 Å². The third-order valence-corrected chi connectivity index (χ3v) is 6.95. The van der Waals surface area contributed by atoms with Gasteiger partial charge in [-0.3, -0.25) is 4.99 Å². The fourth-order valence-electron chi connectivity index (χ4n) is 3.47. The van der Waals surface area contributed by atoms with Crippen LogP contribution in [0.2, 0.25) is 0 Å². The van der Waals surface area contributed by atoms with E-state index in [2.05, 4.69) is 51.7 Å². The second-order valence-corrected chi connectivity index (χ2v) is 9.51. The molecule has 7 heteroatoms. The molecule has 29 heavy (non-hydrogen) atoms. The predicted molar refractivity (Wildman–Crippen MR) is 119 cm³/mol. The molecular formula is C22H30N4O2S. The molecule has 1 fully saturated rings. The molecule has 0 saturated carbocycles. The Kier molecular flexibility index (Phi) is 7.14.